The number of fused-ring (bicyclic) bond motifs is 1. The highest BCUT2D eigenvalue weighted by Crippen LogP contribution is 2.32. The first kappa shape index (κ1) is 19.8. The molecule has 3 N–H and O–H groups in total. The number of aromatic nitrogens is 2. The molecule has 156 valence electrons. The number of hydrogen-bond donors (Lipinski definition) is 2. The Morgan fingerprint density at radius 3 is 2.67 bits per heavy atom. The van der Waals surface area contributed by atoms with Gasteiger partial charge < -0.3 is 25.0 Å². The van der Waals surface area contributed by atoms with Crippen molar-refractivity contribution in [3.8, 4) is 23.0 Å². The second-order valence-corrected chi connectivity index (χ2v) is 6.92. The number of aryl methyl sites for hydroxylation is 1. The molecule has 0 saturated heterocycles. The van der Waals surface area contributed by atoms with Gasteiger partial charge in [-0.1, -0.05) is 24.2 Å². The van der Waals surface area contributed by atoms with E-state index in [1.54, 1.807) is 0 Å². The molecule has 0 amide bonds. The maximum absolute atomic E-state index is 6.03. The molecular weight excluding hydrogens is 382 g/mol. The zero-order valence-corrected chi connectivity index (χ0v) is 16.9. The normalized spacial score (nSPS) is 13.7. The summed E-state index contributed by atoms with van der Waals surface area (Å²) in [4.78, 5) is 8.76. The number of nitrogens with two attached hydrogens (primary N) is 1. The average molecular weight is 407 g/mol. The van der Waals surface area contributed by atoms with Gasteiger partial charge in [0.2, 0.25) is 0 Å². The molecule has 0 atom stereocenters. The van der Waals surface area contributed by atoms with E-state index in [2.05, 4.69) is 20.4 Å². The zero-order valence-electron chi connectivity index (χ0n) is 16.9. The van der Waals surface area contributed by atoms with Crippen LogP contribution in [0.1, 0.15) is 24.7 Å². The average Bonchev–Trinajstić information content (AvgIpc) is 3.13. The number of rotatable bonds is 6. The molecule has 1 aromatic heterocycles. The maximum atomic E-state index is 6.03. The van der Waals surface area contributed by atoms with Crippen molar-refractivity contribution in [1.82, 2.24) is 10.1 Å². The van der Waals surface area contributed by atoms with Gasteiger partial charge in [0.05, 0.1) is 13.2 Å². The second-order valence-electron chi connectivity index (χ2n) is 6.92. The van der Waals surface area contributed by atoms with Crippen LogP contribution in [0.15, 0.2) is 52.0 Å². The van der Waals surface area contributed by atoms with Crippen LogP contribution in [0.4, 0.5) is 5.69 Å². The molecule has 0 spiro atoms. The molecule has 30 heavy (non-hydrogen) atoms. The number of guanidine groups is 1. The summed E-state index contributed by atoms with van der Waals surface area (Å²) in [5.74, 6) is 3.08. The zero-order chi connectivity index (χ0) is 20.8. The van der Waals surface area contributed by atoms with E-state index in [-0.39, 0.29) is 0 Å². The van der Waals surface area contributed by atoms with E-state index in [4.69, 9.17) is 19.7 Å². The van der Waals surface area contributed by atoms with Crippen LogP contribution in [0.3, 0.4) is 0 Å². The molecule has 0 unspecified atom stereocenters. The third kappa shape index (κ3) is 4.89. The van der Waals surface area contributed by atoms with Crippen molar-refractivity contribution < 1.29 is 14.0 Å². The molecule has 0 saturated carbocycles. The van der Waals surface area contributed by atoms with Crippen LogP contribution in [0.5, 0.6) is 11.5 Å². The van der Waals surface area contributed by atoms with Gasteiger partial charge in [-0.2, -0.15) is 4.98 Å². The standard InChI is InChI=1S/C22H25N5O3/c1-2-20-26-21(30-27-20)16-6-4-15(5-7-16)10-11-24-22(23)25-17-8-9-18-19(14-17)29-13-3-12-28-18/h4-9,14H,2-3,10-13H2,1H3,(H3,23,24,25). The van der Waals surface area contributed by atoms with Crippen LogP contribution >= 0.6 is 0 Å². The smallest absolute Gasteiger partial charge is 0.257 e. The van der Waals surface area contributed by atoms with Crippen molar-refractivity contribution in [1.29, 1.82) is 0 Å². The quantitative estimate of drug-likeness (QED) is 0.476. The van der Waals surface area contributed by atoms with E-state index in [1.807, 2.05) is 49.4 Å². The van der Waals surface area contributed by atoms with Crippen LogP contribution in [0.25, 0.3) is 11.5 Å². The largest absolute Gasteiger partial charge is 0.490 e. The topological polar surface area (TPSA) is 108 Å². The van der Waals surface area contributed by atoms with Crippen molar-refractivity contribution in [3.05, 3.63) is 53.9 Å². The summed E-state index contributed by atoms with van der Waals surface area (Å²) in [6.45, 7) is 3.88. The highest BCUT2D eigenvalue weighted by molar-refractivity contribution is 5.92. The number of ether oxygens (including phenoxy) is 2. The third-order valence-corrected chi connectivity index (χ3v) is 4.69. The summed E-state index contributed by atoms with van der Waals surface area (Å²) in [5, 5.41) is 7.03. The maximum Gasteiger partial charge on any atom is 0.257 e. The molecule has 1 aliphatic rings. The van der Waals surface area contributed by atoms with Gasteiger partial charge in [0.15, 0.2) is 23.3 Å². The van der Waals surface area contributed by atoms with Gasteiger partial charge >= 0.3 is 0 Å². The molecule has 1 aliphatic heterocycles. The number of hydrogen-bond acceptors (Lipinski definition) is 6. The van der Waals surface area contributed by atoms with Crippen molar-refractivity contribution >= 4 is 11.6 Å². The predicted molar refractivity (Wildman–Crippen MR) is 115 cm³/mol. The summed E-state index contributed by atoms with van der Waals surface area (Å²) in [6.07, 6.45) is 2.39. The van der Waals surface area contributed by atoms with Crippen molar-refractivity contribution in [3.63, 3.8) is 0 Å². The molecule has 0 bridgehead atoms. The molecular formula is C22H25N5O3. The van der Waals surface area contributed by atoms with Gasteiger partial charge in [0.25, 0.3) is 5.89 Å². The molecule has 4 rings (SSSR count). The number of aliphatic imine (C=N–C) groups is 1. The minimum Gasteiger partial charge on any atom is -0.490 e. The Balaban J connectivity index is 1.31. The minimum atomic E-state index is 0.360. The number of nitrogens with one attached hydrogen (secondary N) is 1. The molecule has 3 aromatic rings. The van der Waals surface area contributed by atoms with E-state index in [9.17, 15) is 0 Å². The van der Waals surface area contributed by atoms with Crippen LogP contribution < -0.4 is 20.5 Å². The Hall–Kier alpha value is -3.55. The molecule has 2 aromatic carbocycles. The Morgan fingerprint density at radius 1 is 1.10 bits per heavy atom. The first-order valence-corrected chi connectivity index (χ1v) is 10.1. The molecule has 8 heteroatoms. The molecule has 0 radical (unpaired) electrons. The van der Waals surface area contributed by atoms with Crippen LogP contribution in [0.2, 0.25) is 0 Å². The fraction of sp³-hybridized carbons (Fsp3) is 0.318. The fourth-order valence-electron chi connectivity index (χ4n) is 3.06. The Kier molecular flexibility index (Phi) is 6.12. The first-order valence-electron chi connectivity index (χ1n) is 10.1. The van der Waals surface area contributed by atoms with Gasteiger partial charge in [-0.15, -0.1) is 0 Å². The van der Waals surface area contributed by atoms with E-state index in [1.165, 1.54) is 0 Å². The lowest BCUT2D eigenvalue weighted by Gasteiger charge is -2.10. The first-order chi connectivity index (χ1) is 14.7. The second kappa shape index (κ2) is 9.30. The lowest BCUT2D eigenvalue weighted by atomic mass is 10.1. The number of benzene rings is 2. The molecule has 8 nitrogen and oxygen atoms in total. The highest BCUT2D eigenvalue weighted by Gasteiger charge is 2.11. The minimum absolute atomic E-state index is 0.360. The van der Waals surface area contributed by atoms with E-state index < -0.39 is 0 Å². The molecule has 2 heterocycles. The van der Waals surface area contributed by atoms with Crippen molar-refractivity contribution in [2.45, 2.75) is 26.2 Å². The Bertz CT molecular complexity index is 1010. The summed E-state index contributed by atoms with van der Waals surface area (Å²) >= 11 is 0. The van der Waals surface area contributed by atoms with Crippen molar-refractivity contribution in [2.24, 2.45) is 10.7 Å². The van der Waals surface area contributed by atoms with Gasteiger partial charge in [0.1, 0.15) is 0 Å². The number of anilines is 1. The van der Waals surface area contributed by atoms with Crippen LogP contribution in [-0.4, -0.2) is 35.9 Å². The van der Waals surface area contributed by atoms with Crippen LogP contribution in [-0.2, 0) is 12.8 Å². The van der Waals surface area contributed by atoms with E-state index >= 15 is 0 Å². The van der Waals surface area contributed by atoms with Gasteiger partial charge in [0, 0.05) is 36.7 Å². The Morgan fingerprint density at radius 2 is 1.90 bits per heavy atom. The van der Waals surface area contributed by atoms with E-state index in [0.29, 0.717) is 37.4 Å². The molecule has 0 fully saturated rings. The third-order valence-electron chi connectivity index (χ3n) is 4.69. The van der Waals surface area contributed by atoms with Gasteiger partial charge in [-0.05, 0) is 36.2 Å². The fourth-order valence-corrected chi connectivity index (χ4v) is 3.06. The summed E-state index contributed by atoms with van der Waals surface area (Å²) in [7, 11) is 0. The monoisotopic (exact) mass is 407 g/mol. The SMILES string of the molecule is CCc1noc(-c2ccc(CCN=C(N)Nc3ccc4c(c3)OCCCO4)cc2)n1. The molecule has 0 aliphatic carbocycles. The summed E-state index contributed by atoms with van der Waals surface area (Å²) < 4.78 is 16.6. The highest BCUT2D eigenvalue weighted by atomic mass is 16.5. The number of nitrogens with zero attached hydrogens (tertiary/aromatic N) is 3. The Labute approximate surface area is 175 Å². The lowest BCUT2D eigenvalue weighted by molar-refractivity contribution is 0.297. The lowest BCUT2D eigenvalue weighted by Crippen LogP contribution is -2.23. The summed E-state index contributed by atoms with van der Waals surface area (Å²) in [6, 6.07) is 13.7. The van der Waals surface area contributed by atoms with Gasteiger partial charge in [-0.25, -0.2) is 0 Å². The van der Waals surface area contributed by atoms with Gasteiger partial charge in [-0.3, -0.25) is 4.99 Å². The predicted octanol–water partition coefficient (Wildman–Crippen LogP) is 3.43. The summed E-state index contributed by atoms with van der Waals surface area (Å²) in [5.41, 5.74) is 8.91. The van der Waals surface area contributed by atoms with Crippen molar-refractivity contribution in [2.75, 3.05) is 25.1 Å². The van der Waals surface area contributed by atoms with Crippen LogP contribution in [0, 0.1) is 0 Å². The van der Waals surface area contributed by atoms with E-state index in [0.717, 1.165) is 47.6 Å².